The van der Waals surface area contributed by atoms with Gasteiger partial charge in [0.25, 0.3) is 0 Å². The number of hydrogen-bond donors (Lipinski definition) is 1. The number of nitriles is 1. The summed E-state index contributed by atoms with van der Waals surface area (Å²) >= 11 is 0. The van der Waals surface area contributed by atoms with E-state index in [0.29, 0.717) is 0 Å². The van der Waals surface area contributed by atoms with E-state index in [-0.39, 0.29) is 5.92 Å². The number of aryl methyl sites for hydroxylation is 1. The quantitative estimate of drug-likeness (QED) is 0.748. The van der Waals surface area contributed by atoms with E-state index in [0.717, 1.165) is 11.1 Å². The molecule has 0 saturated carbocycles. The zero-order valence-electron chi connectivity index (χ0n) is 7.86. The van der Waals surface area contributed by atoms with Gasteiger partial charge in [-0.1, -0.05) is 29.8 Å². The second-order valence-electron chi connectivity index (χ2n) is 3.28. The van der Waals surface area contributed by atoms with Gasteiger partial charge in [-0.3, -0.25) is 0 Å². The molecule has 0 heterocycles. The molecule has 1 rings (SSSR count). The van der Waals surface area contributed by atoms with Crippen molar-refractivity contribution in [2.24, 2.45) is 5.92 Å². The summed E-state index contributed by atoms with van der Waals surface area (Å²) in [7, 11) is 0. The van der Waals surface area contributed by atoms with Gasteiger partial charge < -0.3 is 5.11 Å². The summed E-state index contributed by atoms with van der Waals surface area (Å²) in [6.07, 6.45) is -0.676. The van der Waals surface area contributed by atoms with Crippen molar-refractivity contribution in [1.29, 1.82) is 5.26 Å². The van der Waals surface area contributed by atoms with Crippen molar-refractivity contribution in [2.45, 2.75) is 20.0 Å². The van der Waals surface area contributed by atoms with Crippen molar-refractivity contribution in [3.8, 4) is 6.07 Å². The maximum absolute atomic E-state index is 9.69. The predicted octanol–water partition coefficient (Wildman–Crippen LogP) is 2.19. The van der Waals surface area contributed by atoms with E-state index in [9.17, 15) is 5.11 Å². The number of aliphatic hydroxyl groups excluding tert-OH is 1. The molecule has 1 aromatic rings. The lowest BCUT2D eigenvalue weighted by Gasteiger charge is -2.12. The summed E-state index contributed by atoms with van der Waals surface area (Å²) in [6, 6.07) is 9.63. The third kappa shape index (κ3) is 2.30. The van der Waals surface area contributed by atoms with Crippen molar-refractivity contribution < 1.29 is 5.11 Å². The minimum atomic E-state index is -0.676. The number of aliphatic hydroxyl groups is 1. The van der Waals surface area contributed by atoms with E-state index in [2.05, 4.69) is 0 Å². The Hall–Kier alpha value is -1.33. The number of benzene rings is 1. The molecule has 0 spiro atoms. The molecule has 0 aliphatic carbocycles. The Morgan fingerprint density at radius 3 is 2.69 bits per heavy atom. The van der Waals surface area contributed by atoms with Crippen LogP contribution >= 0.6 is 0 Å². The van der Waals surface area contributed by atoms with Crippen molar-refractivity contribution >= 4 is 0 Å². The molecule has 0 aromatic heterocycles. The molecule has 2 nitrogen and oxygen atoms in total. The summed E-state index contributed by atoms with van der Waals surface area (Å²) in [5.74, 6) is -0.359. The van der Waals surface area contributed by atoms with Gasteiger partial charge in [0, 0.05) is 0 Å². The highest BCUT2D eigenvalue weighted by atomic mass is 16.3. The van der Waals surface area contributed by atoms with Crippen molar-refractivity contribution in [3.63, 3.8) is 0 Å². The Labute approximate surface area is 78.4 Å². The van der Waals surface area contributed by atoms with Crippen LogP contribution in [0.25, 0.3) is 0 Å². The molecule has 0 aliphatic rings. The van der Waals surface area contributed by atoms with Crippen LogP contribution in [0.15, 0.2) is 24.3 Å². The molecule has 0 fully saturated rings. The first kappa shape index (κ1) is 9.76. The van der Waals surface area contributed by atoms with Crippen molar-refractivity contribution in [1.82, 2.24) is 0 Å². The van der Waals surface area contributed by atoms with Crippen LogP contribution in [-0.2, 0) is 0 Å². The molecule has 68 valence electrons. The first-order chi connectivity index (χ1) is 6.15. The minimum absolute atomic E-state index is 0.359. The number of nitrogens with zero attached hydrogens (tertiary/aromatic N) is 1. The summed E-state index contributed by atoms with van der Waals surface area (Å²) in [5, 5.41) is 18.3. The van der Waals surface area contributed by atoms with Crippen molar-refractivity contribution in [3.05, 3.63) is 35.4 Å². The maximum Gasteiger partial charge on any atom is 0.0945 e. The minimum Gasteiger partial charge on any atom is -0.387 e. The fourth-order valence-electron chi connectivity index (χ4n) is 1.21. The standard InChI is InChI=1S/C11H13NO/c1-8-4-3-5-10(6-8)11(13)9(2)7-12/h3-6,9,11,13H,1-2H3. The van der Waals surface area contributed by atoms with Gasteiger partial charge in [0.1, 0.15) is 0 Å². The van der Waals surface area contributed by atoms with E-state index in [4.69, 9.17) is 5.26 Å². The van der Waals surface area contributed by atoms with Gasteiger partial charge >= 0.3 is 0 Å². The monoisotopic (exact) mass is 175 g/mol. The zero-order valence-corrected chi connectivity index (χ0v) is 7.86. The lowest BCUT2D eigenvalue weighted by atomic mass is 9.97. The Balaban J connectivity index is 2.90. The first-order valence-corrected chi connectivity index (χ1v) is 4.29. The average molecular weight is 175 g/mol. The topological polar surface area (TPSA) is 44.0 Å². The Bertz CT molecular complexity index is 327. The van der Waals surface area contributed by atoms with Crippen LogP contribution in [0, 0.1) is 24.2 Å². The van der Waals surface area contributed by atoms with E-state index >= 15 is 0 Å². The third-order valence-corrected chi connectivity index (χ3v) is 2.06. The summed E-state index contributed by atoms with van der Waals surface area (Å²) < 4.78 is 0. The molecule has 2 unspecified atom stereocenters. The summed E-state index contributed by atoms with van der Waals surface area (Å²) in [6.45, 7) is 3.68. The van der Waals surface area contributed by atoms with Crippen LogP contribution in [0.3, 0.4) is 0 Å². The zero-order chi connectivity index (χ0) is 9.84. The number of rotatable bonds is 2. The lowest BCUT2D eigenvalue weighted by Crippen LogP contribution is -2.06. The molecule has 1 N–H and O–H groups in total. The summed E-state index contributed by atoms with van der Waals surface area (Å²) in [5.41, 5.74) is 1.91. The smallest absolute Gasteiger partial charge is 0.0945 e. The molecule has 0 saturated heterocycles. The highest BCUT2D eigenvalue weighted by Gasteiger charge is 2.14. The van der Waals surface area contributed by atoms with Crippen LogP contribution in [0.1, 0.15) is 24.2 Å². The van der Waals surface area contributed by atoms with Crippen LogP contribution in [0.4, 0.5) is 0 Å². The van der Waals surface area contributed by atoms with Gasteiger partial charge in [0.05, 0.1) is 18.1 Å². The highest BCUT2D eigenvalue weighted by molar-refractivity contribution is 5.25. The molecule has 1 aromatic carbocycles. The molecule has 2 atom stereocenters. The van der Waals surface area contributed by atoms with Gasteiger partial charge in [-0.05, 0) is 19.4 Å². The predicted molar refractivity (Wildman–Crippen MR) is 50.9 cm³/mol. The Kier molecular flexibility index (Phi) is 3.05. The third-order valence-electron chi connectivity index (χ3n) is 2.06. The van der Waals surface area contributed by atoms with Gasteiger partial charge in [0.2, 0.25) is 0 Å². The van der Waals surface area contributed by atoms with Gasteiger partial charge in [0.15, 0.2) is 0 Å². The average Bonchev–Trinajstić information content (AvgIpc) is 2.15. The van der Waals surface area contributed by atoms with E-state index in [1.165, 1.54) is 0 Å². The van der Waals surface area contributed by atoms with E-state index in [1.807, 2.05) is 37.3 Å². The van der Waals surface area contributed by atoms with Gasteiger partial charge in [-0.2, -0.15) is 5.26 Å². The Morgan fingerprint density at radius 2 is 2.15 bits per heavy atom. The van der Waals surface area contributed by atoms with E-state index < -0.39 is 6.10 Å². The normalized spacial score (nSPS) is 14.6. The molecule has 13 heavy (non-hydrogen) atoms. The largest absolute Gasteiger partial charge is 0.387 e. The van der Waals surface area contributed by atoms with E-state index in [1.54, 1.807) is 6.92 Å². The molecule has 2 heteroatoms. The molecule has 0 amide bonds. The first-order valence-electron chi connectivity index (χ1n) is 4.29. The lowest BCUT2D eigenvalue weighted by molar-refractivity contribution is 0.143. The molecule has 0 bridgehead atoms. The van der Waals surface area contributed by atoms with Gasteiger partial charge in [-0.25, -0.2) is 0 Å². The summed E-state index contributed by atoms with van der Waals surface area (Å²) in [4.78, 5) is 0. The van der Waals surface area contributed by atoms with Crippen molar-refractivity contribution in [2.75, 3.05) is 0 Å². The maximum atomic E-state index is 9.69. The molecular formula is C11H13NO. The SMILES string of the molecule is Cc1cccc(C(O)C(C)C#N)c1. The van der Waals surface area contributed by atoms with Gasteiger partial charge in [-0.15, -0.1) is 0 Å². The molecule has 0 aliphatic heterocycles. The van der Waals surface area contributed by atoms with Crippen LogP contribution in [-0.4, -0.2) is 5.11 Å². The molecular weight excluding hydrogens is 162 g/mol. The highest BCUT2D eigenvalue weighted by Crippen LogP contribution is 2.21. The second kappa shape index (κ2) is 4.06. The fraction of sp³-hybridized carbons (Fsp3) is 0.364. The Morgan fingerprint density at radius 1 is 1.46 bits per heavy atom. The van der Waals surface area contributed by atoms with Crippen LogP contribution in [0.2, 0.25) is 0 Å². The fourth-order valence-corrected chi connectivity index (χ4v) is 1.21. The van der Waals surface area contributed by atoms with Crippen LogP contribution in [0.5, 0.6) is 0 Å². The second-order valence-corrected chi connectivity index (χ2v) is 3.28. The molecule has 0 radical (unpaired) electrons. The number of hydrogen-bond acceptors (Lipinski definition) is 2. The van der Waals surface area contributed by atoms with Crippen LogP contribution < -0.4 is 0 Å².